The van der Waals surface area contributed by atoms with Crippen molar-refractivity contribution in [3.05, 3.63) is 21.9 Å². The highest BCUT2D eigenvalue weighted by atomic mass is 32.1. The number of fused-ring (bicyclic) bond motifs is 1. The van der Waals surface area contributed by atoms with E-state index in [-0.39, 0.29) is 0 Å². The van der Waals surface area contributed by atoms with Crippen LogP contribution in [0.1, 0.15) is 10.4 Å². The molecule has 1 aromatic rings. The molecule has 0 aliphatic carbocycles. The number of hydrogen-bond donors (Lipinski definition) is 1. The van der Waals surface area contributed by atoms with Gasteiger partial charge < -0.3 is 5.32 Å². The fraction of sp³-hybridized carbons (Fsp3) is 0.429. The van der Waals surface area contributed by atoms with Crippen molar-refractivity contribution in [2.24, 2.45) is 0 Å². The highest BCUT2D eigenvalue weighted by Gasteiger charge is 2.10. The van der Waals surface area contributed by atoms with Gasteiger partial charge in [0.1, 0.15) is 6.54 Å². The van der Waals surface area contributed by atoms with Crippen LogP contribution in [0.25, 0.3) is 0 Å². The smallest absolute Gasteiger partial charge is 0.111 e. The van der Waals surface area contributed by atoms with Crippen molar-refractivity contribution in [1.29, 1.82) is 0 Å². The molecular weight excluding hydrogens is 130 g/mol. The lowest BCUT2D eigenvalue weighted by molar-refractivity contribution is -0.672. The second-order valence-electron chi connectivity index (χ2n) is 2.40. The van der Waals surface area contributed by atoms with E-state index in [1.807, 2.05) is 11.3 Å². The molecule has 0 aromatic carbocycles. The highest BCUT2D eigenvalue weighted by molar-refractivity contribution is 7.10. The maximum atomic E-state index is 2.37. The van der Waals surface area contributed by atoms with Crippen molar-refractivity contribution in [1.82, 2.24) is 0 Å². The average Bonchev–Trinajstić information content (AvgIpc) is 2.33. The average molecular weight is 140 g/mol. The van der Waals surface area contributed by atoms with Crippen LogP contribution >= 0.6 is 11.3 Å². The summed E-state index contributed by atoms with van der Waals surface area (Å²) in [5.41, 5.74) is 1.59. The molecule has 0 atom stereocenters. The van der Waals surface area contributed by atoms with E-state index in [2.05, 4.69) is 16.8 Å². The predicted molar refractivity (Wildman–Crippen MR) is 38.5 cm³/mol. The number of quaternary nitrogens is 1. The lowest BCUT2D eigenvalue weighted by atomic mass is 10.1. The van der Waals surface area contributed by atoms with Crippen molar-refractivity contribution in [2.75, 3.05) is 6.54 Å². The Balaban J connectivity index is 2.39. The monoisotopic (exact) mass is 140 g/mol. The van der Waals surface area contributed by atoms with Crippen molar-refractivity contribution in [3.63, 3.8) is 0 Å². The fourth-order valence-corrected chi connectivity index (χ4v) is 2.19. The van der Waals surface area contributed by atoms with Crippen molar-refractivity contribution < 1.29 is 5.32 Å². The second kappa shape index (κ2) is 2.12. The standard InChI is InChI=1S/C7H9NS/c1-3-8-5-7-6(1)2-4-9-7/h2,4,8H,1,3,5H2/p+1. The van der Waals surface area contributed by atoms with Gasteiger partial charge in [-0.3, -0.25) is 0 Å². The van der Waals surface area contributed by atoms with Gasteiger partial charge in [-0.05, 0) is 17.0 Å². The molecule has 2 N–H and O–H groups in total. The minimum absolute atomic E-state index is 1.22. The van der Waals surface area contributed by atoms with Gasteiger partial charge in [0, 0.05) is 6.42 Å². The quantitative estimate of drug-likeness (QED) is 0.536. The number of thiophene rings is 1. The van der Waals surface area contributed by atoms with Gasteiger partial charge in [-0.2, -0.15) is 0 Å². The Labute approximate surface area is 58.7 Å². The number of hydrogen-bond acceptors (Lipinski definition) is 1. The lowest BCUT2D eigenvalue weighted by Crippen LogP contribution is -2.84. The van der Waals surface area contributed by atoms with Gasteiger partial charge in [0.25, 0.3) is 0 Å². The van der Waals surface area contributed by atoms with Gasteiger partial charge in [0.05, 0.1) is 11.4 Å². The molecule has 2 heterocycles. The largest absolute Gasteiger partial charge is 0.342 e. The number of rotatable bonds is 0. The second-order valence-corrected chi connectivity index (χ2v) is 3.40. The van der Waals surface area contributed by atoms with Crippen LogP contribution in [-0.2, 0) is 13.0 Å². The minimum Gasteiger partial charge on any atom is -0.342 e. The molecule has 48 valence electrons. The fourth-order valence-electron chi connectivity index (χ4n) is 1.26. The molecule has 0 spiro atoms. The third kappa shape index (κ3) is 0.884. The third-order valence-electron chi connectivity index (χ3n) is 1.79. The van der Waals surface area contributed by atoms with Gasteiger partial charge in [-0.1, -0.05) is 0 Å². The summed E-state index contributed by atoms with van der Waals surface area (Å²) in [6, 6.07) is 2.26. The molecule has 1 aliphatic heterocycles. The Hall–Kier alpha value is -0.340. The van der Waals surface area contributed by atoms with Crippen LogP contribution in [0, 0.1) is 0 Å². The van der Waals surface area contributed by atoms with E-state index in [9.17, 15) is 0 Å². The normalized spacial score (nSPS) is 17.3. The molecule has 0 bridgehead atoms. The summed E-state index contributed by atoms with van der Waals surface area (Å²) in [4.78, 5) is 1.58. The van der Waals surface area contributed by atoms with Crippen LogP contribution in [-0.4, -0.2) is 6.54 Å². The van der Waals surface area contributed by atoms with Crippen molar-refractivity contribution in [3.8, 4) is 0 Å². The minimum atomic E-state index is 1.22. The van der Waals surface area contributed by atoms with Gasteiger partial charge in [0.2, 0.25) is 0 Å². The summed E-state index contributed by atoms with van der Waals surface area (Å²) < 4.78 is 0. The zero-order valence-electron chi connectivity index (χ0n) is 5.26. The molecule has 0 radical (unpaired) electrons. The van der Waals surface area contributed by atoms with Crippen LogP contribution in [0.15, 0.2) is 11.4 Å². The summed E-state index contributed by atoms with van der Waals surface area (Å²) in [5, 5.41) is 4.57. The molecule has 0 saturated carbocycles. The molecule has 0 unspecified atom stereocenters. The van der Waals surface area contributed by atoms with Crippen LogP contribution in [0.2, 0.25) is 0 Å². The van der Waals surface area contributed by atoms with Gasteiger partial charge in [-0.15, -0.1) is 11.3 Å². The van der Waals surface area contributed by atoms with Crippen LogP contribution < -0.4 is 5.32 Å². The van der Waals surface area contributed by atoms with E-state index >= 15 is 0 Å². The first-order valence-electron chi connectivity index (χ1n) is 3.34. The zero-order valence-corrected chi connectivity index (χ0v) is 6.08. The van der Waals surface area contributed by atoms with Crippen molar-refractivity contribution in [2.45, 2.75) is 13.0 Å². The van der Waals surface area contributed by atoms with Crippen molar-refractivity contribution >= 4 is 11.3 Å². The van der Waals surface area contributed by atoms with E-state index in [1.165, 1.54) is 19.5 Å². The molecule has 0 saturated heterocycles. The van der Waals surface area contributed by atoms with Gasteiger partial charge in [0.15, 0.2) is 0 Å². The Morgan fingerprint density at radius 1 is 1.56 bits per heavy atom. The lowest BCUT2D eigenvalue weighted by Gasteiger charge is -2.07. The maximum absolute atomic E-state index is 2.37. The first kappa shape index (κ1) is 5.45. The van der Waals surface area contributed by atoms with E-state index in [0.29, 0.717) is 0 Å². The first-order valence-corrected chi connectivity index (χ1v) is 4.22. The summed E-state index contributed by atoms with van der Waals surface area (Å²) in [6.45, 7) is 2.50. The molecule has 1 aliphatic rings. The first-order chi connectivity index (χ1) is 4.47. The molecule has 1 nitrogen and oxygen atoms in total. The Morgan fingerprint density at radius 2 is 2.56 bits per heavy atom. The summed E-state index contributed by atoms with van der Waals surface area (Å²) in [6.07, 6.45) is 1.28. The predicted octanol–water partition coefficient (Wildman–Crippen LogP) is 0.368. The molecular formula is C7H10NS+. The van der Waals surface area contributed by atoms with Crippen LogP contribution in [0.5, 0.6) is 0 Å². The SMILES string of the molecule is c1cc2c(s1)C[NH2+]CC2. The van der Waals surface area contributed by atoms with E-state index in [1.54, 1.807) is 10.4 Å². The molecule has 2 rings (SSSR count). The van der Waals surface area contributed by atoms with Gasteiger partial charge >= 0.3 is 0 Å². The third-order valence-corrected chi connectivity index (χ3v) is 2.77. The Bertz CT molecular complexity index is 184. The summed E-state index contributed by atoms with van der Waals surface area (Å²) >= 11 is 1.89. The summed E-state index contributed by atoms with van der Waals surface area (Å²) in [7, 11) is 0. The van der Waals surface area contributed by atoms with E-state index < -0.39 is 0 Å². The molecule has 9 heavy (non-hydrogen) atoms. The van der Waals surface area contributed by atoms with Gasteiger partial charge in [-0.25, -0.2) is 0 Å². The number of nitrogens with two attached hydrogens (primary N) is 1. The molecule has 1 aromatic heterocycles. The molecule has 0 fully saturated rings. The zero-order chi connectivity index (χ0) is 6.10. The molecule has 0 amide bonds. The maximum Gasteiger partial charge on any atom is 0.111 e. The van der Waals surface area contributed by atoms with E-state index in [4.69, 9.17) is 0 Å². The van der Waals surface area contributed by atoms with Crippen LogP contribution in [0.3, 0.4) is 0 Å². The Kier molecular flexibility index (Phi) is 1.28. The van der Waals surface area contributed by atoms with Crippen LogP contribution in [0.4, 0.5) is 0 Å². The molecule has 2 heteroatoms. The van der Waals surface area contributed by atoms with E-state index in [0.717, 1.165) is 0 Å². The Morgan fingerprint density at radius 3 is 3.44 bits per heavy atom. The topological polar surface area (TPSA) is 16.6 Å². The highest BCUT2D eigenvalue weighted by Crippen LogP contribution is 2.16. The summed E-state index contributed by atoms with van der Waals surface area (Å²) in [5.74, 6) is 0.